The van der Waals surface area contributed by atoms with Gasteiger partial charge in [-0.2, -0.15) is 0 Å². The molecule has 0 aromatic heterocycles. The van der Waals surface area contributed by atoms with Crippen LogP contribution in [0.2, 0.25) is 0 Å². The van der Waals surface area contributed by atoms with Crippen LogP contribution in [0.25, 0.3) is 0 Å². The van der Waals surface area contributed by atoms with Crippen molar-refractivity contribution in [1.29, 1.82) is 0 Å². The lowest BCUT2D eigenvalue weighted by Crippen LogP contribution is -2.46. The third-order valence-corrected chi connectivity index (χ3v) is 9.16. The first-order chi connectivity index (χ1) is 33.4. The average molecular weight is 991 g/mol. The van der Waals surface area contributed by atoms with Crippen molar-refractivity contribution in [2.45, 2.75) is 120 Å². The average Bonchev–Trinajstić information content (AvgIpc) is 3.35. The van der Waals surface area contributed by atoms with Gasteiger partial charge < -0.3 is 75.8 Å². The molecule has 0 radical (unpaired) electrons. The Morgan fingerprint density at radius 3 is 1.49 bits per heavy atom. The monoisotopic (exact) mass is 991 g/mol. The fraction of sp³-hybridized carbons (Fsp3) is 0.784. The standard InChI is InChI=1S/C26H43N3O3.C18H38O8.C4H10N2O.C2H6.CH5N/c1-7-10-20(13-19(6)8-2)16-32-17-22-14-23(12-11-21(22)9-3)29-24(30)15-28-26(31)25(27)18(4)5;1-3-4-20-7-8-22-11-12-24-15-16-26-18-17-25-14-13-23-10-9-21-6-5-19-2;1-2-3-6-4(5)7;2*1-2/h11-14,18-19,25H,7-10,15-17,27H2,1-6H3,(H,28,31)(H,29,30);3-18H2,1-2H3;2-3H2,1H3,(H3,5,6,7);1-2H3;2H2,1H3/b20-13+;;;;. The molecule has 408 valence electrons. The summed E-state index contributed by atoms with van der Waals surface area (Å²) in [5.41, 5.74) is 19.3. The zero-order chi connectivity index (χ0) is 52.8. The molecular formula is C51H102N6O12. The third-order valence-electron chi connectivity index (χ3n) is 9.16. The van der Waals surface area contributed by atoms with Crippen molar-refractivity contribution in [3.05, 3.63) is 41.0 Å². The van der Waals surface area contributed by atoms with E-state index < -0.39 is 12.1 Å². The van der Waals surface area contributed by atoms with Gasteiger partial charge in [-0.3, -0.25) is 9.59 Å². The van der Waals surface area contributed by atoms with Gasteiger partial charge in [-0.15, -0.1) is 0 Å². The van der Waals surface area contributed by atoms with Gasteiger partial charge in [0, 0.05) is 25.9 Å². The van der Waals surface area contributed by atoms with E-state index in [1.807, 2.05) is 52.8 Å². The number of rotatable bonds is 39. The molecule has 0 saturated carbocycles. The minimum absolute atomic E-state index is 0.0140. The van der Waals surface area contributed by atoms with Crippen LogP contribution in [-0.2, 0) is 65.2 Å². The highest BCUT2D eigenvalue weighted by Crippen LogP contribution is 2.19. The van der Waals surface area contributed by atoms with E-state index in [0.717, 1.165) is 50.7 Å². The van der Waals surface area contributed by atoms with Crippen molar-refractivity contribution < 1.29 is 57.0 Å². The Hall–Kier alpha value is -3.27. The van der Waals surface area contributed by atoms with Crippen molar-refractivity contribution in [3.63, 3.8) is 0 Å². The summed E-state index contributed by atoms with van der Waals surface area (Å²) in [6.45, 7) is 31.1. The predicted molar refractivity (Wildman–Crippen MR) is 280 cm³/mol. The molecule has 0 heterocycles. The van der Waals surface area contributed by atoms with E-state index in [-0.39, 0.29) is 24.3 Å². The summed E-state index contributed by atoms with van der Waals surface area (Å²) in [7, 11) is 3.15. The SMILES string of the molecule is CC.CCC/C(=C\C(C)CC)COCc1cc(NC(=O)CNC(=O)C(N)C(C)C)ccc1CC.CCCNC(N)=O.CCCOCCOCCOCCOCCOCCOCCOCCOC.CN. The number of methoxy groups -OCH3 is 1. The molecule has 69 heavy (non-hydrogen) atoms. The van der Waals surface area contributed by atoms with Gasteiger partial charge in [0.15, 0.2) is 0 Å². The number of allylic oxidation sites excluding steroid dienone is 1. The summed E-state index contributed by atoms with van der Waals surface area (Å²) < 4.78 is 48.4. The van der Waals surface area contributed by atoms with Gasteiger partial charge in [0.2, 0.25) is 11.8 Å². The van der Waals surface area contributed by atoms with Crippen LogP contribution in [0.3, 0.4) is 0 Å². The van der Waals surface area contributed by atoms with Crippen molar-refractivity contribution in [2.75, 3.05) is 138 Å². The van der Waals surface area contributed by atoms with Crippen LogP contribution in [0, 0.1) is 11.8 Å². The Morgan fingerprint density at radius 2 is 1.12 bits per heavy atom. The van der Waals surface area contributed by atoms with Crippen LogP contribution in [0.4, 0.5) is 10.5 Å². The first-order valence-electron chi connectivity index (χ1n) is 25.3. The Bertz CT molecular complexity index is 1290. The molecule has 0 bridgehead atoms. The molecule has 0 aliphatic rings. The normalized spacial score (nSPS) is 11.6. The number of nitrogens with one attached hydrogen (secondary N) is 3. The van der Waals surface area contributed by atoms with Crippen LogP contribution in [0.5, 0.6) is 0 Å². The highest BCUT2D eigenvalue weighted by atomic mass is 16.6. The molecule has 1 rings (SSSR count). The van der Waals surface area contributed by atoms with Crippen molar-refractivity contribution >= 4 is 23.5 Å². The molecule has 0 spiro atoms. The smallest absolute Gasteiger partial charge is 0.312 e. The number of anilines is 1. The number of hydrogen-bond acceptors (Lipinski definition) is 14. The lowest BCUT2D eigenvalue weighted by atomic mass is 10.0. The summed E-state index contributed by atoms with van der Waals surface area (Å²) in [5, 5.41) is 7.88. The Kier molecular flexibility index (Phi) is 60.0. The number of primary amides is 1. The predicted octanol–water partition coefficient (Wildman–Crippen LogP) is 6.40. The van der Waals surface area contributed by atoms with Crippen LogP contribution in [-0.4, -0.2) is 157 Å². The number of hydrogen-bond donors (Lipinski definition) is 6. The van der Waals surface area contributed by atoms with E-state index in [1.54, 1.807) is 7.11 Å². The van der Waals surface area contributed by atoms with E-state index in [9.17, 15) is 14.4 Å². The van der Waals surface area contributed by atoms with Crippen molar-refractivity contribution in [1.82, 2.24) is 10.6 Å². The molecule has 0 aliphatic heterocycles. The first-order valence-corrected chi connectivity index (χ1v) is 25.3. The van der Waals surface area contributed by atoms with Crippen LogP contribution in [0.15, 0.2) is 29.8 Å². The molecule has 1 aromatic carbocycles. The number of ether oxygens (including phenoxy) is 9. The molecule has 4 amide bonds. The molecular weight excluding hydrogens is 889 g/mol. The van der Waals surface area contributed by atoms with Crippen LogP contribution < -0.4 is 33.2 Å². The van der Waals surface area contributed by atoms with Gasteiger partial charge in [-0.05, 0) is 73.4 Å². The lowest BCUT2D eigenvalue weighted by molar-refractivity contribution is -0.125. The van der Waals surface area contributed by atoms with Gasteiger partial charge >= 0.3 is 6.03 Å². The fourth-order valence-corrected chi connectivity index (χ4v) is 5.27. The number of nitrogens with two attached hydrogens (primary N) is 3. The van der Waals surface area contributed by atoms with Gasteiger partial charge in [-0.25, -0.2) is 4.79 Å². The molecule has 0 saturated heterocycles. The number of amides is 4. The van der Waals surface area contributed by atoms with Gasteiger partial charge in [0.05, 0.1) is 118 Å². The number of aryl methyl sites for hydroxylation is 1. The maximum absolute atomic E-state index is 12.3. The second kappa shape index (κ2) is 57.3. The zero-order valence-corrected chi connectivity index (χ0v) is 45.4. The minimum atomic E-state index is -0.623. The highest BCUT2D eigenvalue weighted by molar-refractivity contribution is 5.95. The van der Waals surface area contributed by atoms with Crippen molar-refractivity contribution in [3.8, 4) is 0 Å². The molecule has 1 aromatic rings. The lowest BCUT2D eigenvalue weighted by Gasteiger charge is -2.16. The number of carbonyl (C=O) groups is 3. The van der Waals surface area contributed by atoms with Crippen molar-refractivity contribution in [2.24, 2.45) is 29.0 Å². The molecule has 18 heteroatoms. The topological polar surface area (TPSA) is 248 Å². The second-order valence-electron chi connectivity index (χ2n) is 15.4. The minimum Gasteiger partial charge on any atom is -0.382 e. The van der Waals surface area contributed by atoms with Crippen LogP contribution in [0.1, 0.15) is 112 Å². The largest absolute Gasteiger partial charge is 0.382 e. The summed E-state index contributed by atoms with van der Waals surface area (Å²) in [5.74, 6) is -0.0356. The van der Waals surface area contributed by atoms with E-state index >= 15 is 0 Å². The van der Waals surface area contributed by atoms with Gasteiger partial charge in [-0.1, -0.05) is 94.2 Å². The Morgan fingerprint density at radius 1 is 0.638 bits per heavy atom. The summed E-state index contributed by atoms with van der Waals surface area (Å²) in [4.78, 5) is 34.1. The van der Waals surface area contributed by atoms with E-state index in [4.69, 9.17) is 54.1 Å². The van der Waals surface area contributed by atoms with Crippen LogP contribution >= 0.6 is 0 Å². The van der Waals surface area contributed by atoms with E-state index in [0.29, 0.717) is 124 Å². The maximum Gasteiger partial charge on any atom is 0.312 e. The molecule has 18 nitrogen and oxygen atoms in total. The molecule has 0 fully saturated rings. The zero-order valence-electron chi connectivity index (χ0n) is 45.4. The van der Waals surface area contributed by atoms with E-state index in [2.05, 4.69) is 62.4 Å². The van der Waals surface area contributed by atoms with Gasteiger partial charge in [0.25, 0.3) is 0 Å². The number of urea groups is 1. The Labute approximate surface area is 418 Å². The molecule has 2 unspecified atom stereocenters. The number of benzene rings is 1. The highest BCUT2D eigenvalue weighted by Gasteiger charge is 2.18. The molecule has 2 atom stereocenters. The summed E-state index contributed by atoms with van der Waals surface area (Å²) in [6.07, 6.45) is 8.47. The summed E-state index contributed by atoms with van der Waals surface area (Å²) in [6, 6.07) is 4.79. The van der Waals surface area contributed by atoms with Gasteiger partial charge in [0.1, 0.15) is 0 Å². The third kappa shape index (κ3) is 50.9. The maximum atomic E-state index is 12.3. The number of carbonyl (C=O) groups excluding carboxylic acids is 3. The Balaban J connectivity index is -0.000000511. The second-order valence-corrected chi connectivity index (χ2v) is 15.4. The van der Waals surface area contributed by atoms with E-state index in [1.165, 1.54) is 18.2 Å². The molecule has 0 aliphatic carbocycles. The first kappa shape index (κ1) is 72.3. The molecule has 9 N–H and O–H groups in total. The quantitative estimate of drug-likeness (QED) is 0.0309. The summed E-state index contributed by atoms with van der Waals surface area (Å²) >= 11 is 0. The fourth-order valence-electron chi connectivity index (χ4n) is 5.27.